The summed E-state index contributed by atoms with van der Waals surface area (Å²) >= 11 is 0. The van der Waals surface area contributed by atoms with Crippen LogP contribution in [0.1, 0.15) is 0 Å². The number of nitrogens with zero attached hydrogens (tertiary/aromatic N) is 4. The maximum Gasteiger partial charge on any atom is 0.363 e. The molecule has 1 aromatic heterocycles. The van der Waals surface area contributed by atoms with Crippen LogP contribution in [-0.4, -0.2) is 54.6 Å². The van der Waals surface area contributed by atoms with Crippen molar-refractivity contribution in [3.8, 4) is 0 Å². The Hall–Kier alpha value is -2.20. The van der Waals surface area contributed by atoms with Crippen LogP contribution in [0.5, 0.6) is 0 Å². The van der Waals surface area contributed by atoms with Crippen molar-refractivity contribution in [1.29, 1.82) is 0 Å². The van der Waals surface area contributed by atoms with Crippen LogP contribution in [0.4, 0.5) is 5.82 Å². The molecule has 0 aromatic carbocycles. The number of ether oxygens (including phenoxy) is 1. The molecule has 0 amide bonds. The lowest BCUT2D eigenvalue weighted by molar-refractivity contribution is -0.389. The van der Waals surface area contributed by atoms with Crippen LogP contribution >= 0.6 is 0 Å². The van der Waals surface area contributed by atoms with Gasteiger partial charge in [-0.3, -0.25) is 0 Å². The van der Waals surface area contributed by atoms with Gasteiger partial charge in [-0.2, -0.15) is 9.30 Å². The zero-order valence-corrected chi connectivity index (χ0v) is 11.4. The fourth-order valence-corrected chi connectivity index (χ4v) is 3.23. The average Bonchev–Trinajstić information content (AvgIpc) is 2.48. The molecule has 21 heavy (non-hydrogen) atoms. The number of isocyanates is 1. The summed E-state index contributed by atoms with van der Waals surface area (Å²) in [6, 6.07) is 2.07. The van der Waals surface area contributed by atoms with Gasteiger partial charge in [-0.1, -0.05) is 0 Å². The lowest BCUT2D eigenvalue weighted by Gasteiger charge is -2.30. The Bertz CT molecular complexity index is 682. The second-order valence-corrected chi connectivity index (χ2v) is 5.89. The van der Waals surface area contributed by atoms with Crippen LogP contribution in [0.25, 0.3) is 0 Å². The molecule has 2 heterocycles. The van der Waals surface area contributed by atoms with E-state index in [1.165, 1.54) is 6.08 Å². The van der Waals surface area contributed by atoms with E-state index in [-0.39, 0.29) is 24.7 Å². The van der Waals surface area contributed by atoms with Gasteiger partial charge >= 0.3 is 5.82 Å². The second kappa shape index (κ2) is 6.06. The molecule has 1 unspecified atom stereocenters. The Labute approximate surface area is 119 Å². The molecule has 1 aromatic rings. The summed E-state index contributed by atoms with van der Waals surface area (Å²) in [5.41, 5.74) is 0. The van der Waals surface area contributed by atoms with E-state index < -0.39 is 26.9 Å². The number of nitro groups is 1. The van der Waals surface area contributed by atoms with Crippen molar-refractivity contribution in [3.05, 3.63) is 28.4 Å². The van der Waals surface area contributed by atoms with Gasteiger partial charge in [0.2, 0.25) is 16.1 Å². The van der Waals surface area contributed by atoms with Gasteiger partial charge in [-0.25, -0.2) is 13.2 Å². The van der Waals surface area contributed by atoms with Crippen molar-refractivity contribution in [1.82, 2.24) is 9.29 Å². The minimum Gasteiger partial charge on any atom is -0.376 e. The maximum atomic E-state index is 12.4. The zero-order valence-electron chi connectivity index (χ0n) is 10.6. The summed E-state index contributed by atoms with van der Waals surface area (Å²) in [4.78, 5) is 26.8. The van der Waals surface area contributed by atoms with Crippen molar-refractivity contribution in [2.45, 2.75) is 11.1 Å². The number of carbonyl (C=O) groups excluding carboxylic acids is 1. The number of aliphatic imine (C=N–C) groups is 1. The molecule has 11 heteroatoms. The van der Waals surface area contributed by atoms with E-state index in [1.54, 1.807) is 0 Å². The summed E-state index contributed by atoms with van der Waals surface area (Å²) in [6.45, 7) is 0.106. The topological polar surface area (TPSA) is 132 Å². The largest absolute Gasteiger partial charge is 0.376 e. The molecule has 0 N–H and O–H groups in total. The molecule has 112 valence electrons. The highest BCUT2D eigenvalue weighted by molar-refractivity contribution is 7.89. The molecule has 2 rings (SSSR count). The third-order valence-corrected chi connectivity index (χ3v) is 4.65. The molecule has 1 saturated heterocycles. The summed E-state index contributed by atoms with van der Waals surface area (Å²) in [6.07, 6.45) is 1.19. The van der Waals surface area contributed by atoms with E-state index in [9.17, 15) is 23.3 Å². The Kier molecular flexibility index (Phi) is 4.38. The summed E-state index contributed by atoms with van der Waals surface area (Å²) < 4.78 is 30.9. The molecule has 0 spiro atoms. The number of hydrogen-bond donors (Lipinski definition) is 0. The zero-order chi connectivity index (χ0) is 15.5. The van der Waals surface area contributed by atoms with Gasteiger partial charge in [0.25, 0.3) is 0 Å². The lowest BCUT2D eigenvalue weighted by atomic mass is 10.4. The first kappa shape index (κ1) is 15.2. The minimum atomic E-state index is -3.98. The Morgan fingerprint density at radius 1 is 1.52 bits per heavy atom. The molecular formula is C10H10N4O6S. The molecule has 0 saturated carbocycles. The second-order valence-electron chi connectivity index (χ2n) is 4.00. The van der Waals surface area contributed by atoms with Gasteiger partial charge < -0.3 is 14.9 Å². The van der Waals surface area contributed by atoms with E-state index in [2.05, 4.69) is 9.98 Å². The van der Waals surface area contributed by atoms with Crippen LogP contribution in [0.2, 0.25) is 0 Å². The smallest absolute Gasteiger partial charge is 0.363 e. The van der Waals surface area contributed by atoms with E-state index in [0.717, 1.165) is 22.6 Å². The van der Waals surface area contributed by atoms with Gasteiger partial charge in [0.15, 0.2) is 12.4 Å². The predicted molar refractivity (Wildman–Crippen MR) is 67.5 cm³/mol. The fraction of sp³-hybridized carbons (Fsp3) is 0.400. The number of aromatic nitrogens is 1. The van der Waals surface area contributed by atoms with Crippen LogP contribution in [0, 0.1) is 10.1 Å². The molecule has 1 atom stereocenters. The van der Waals surface area contributed by atoms with Crippen LogP contribution < -0.4 is 0 Å². The molecule has 1 fully saturated rings. The SMILES string of the molecule is O=C=NC1COCCN1S(=O)(=O)c1ccc([N+](=O)[O-])nc1. The van der Waals surface area contributed by atoms with E-state index >= 15 is 0 Å². The van der Waals surface area contributed by atoms with Crippen molar-refractivity contribution in [2.75, 3.05) is 19.8 Å². The van der Waals surface area contributed by atoms with E-state index in [0.29, 0.717) is 0 Å². The Morgan fingerprint density at radius 3 is 2.86 bits per heavy atom. The summed E-state index contributed by atoms with van der Waals surface area (Å²) in [5, 5.41) is 10.5. The molecule has 1 aliphatic heterocycles. The maximum absolute atomic E-state index is 12.4. The minimum absolute atomic E-state index is 0.00909. The third kappa shape index (κ3) is 3.11. The van der Waals surface area contributed by atoms with Gasteiger partial charge in [-0.05, 0) is 16.0 Å². The number of sulfonamides is 1. The van der Waals surface area contributed by atoms with Crippen molar-refractivity contribution in [3.63, 3.8) is 0 Å². The van der Waals surface area contributed by atoms with E-state index in [4.69, 9.17) is 4.74 Å². The lowest BCUT2D eigenvalue weighted by Crippen LogP contribution is -2.47. The average molecular weight is 314 g/mol. The van der Waals surface area contributed by atoms with Crippen molar-refractivity contribution >= 4 is 21.9 Å². The number of morpholine rings is 1. The number of pyridine rings is 1. The fourth-order valence-electron chi connectivity index (χ4n) is 1.79. The molecule has 0 aliphatic carbocycles. The number of rotatable bonds is 4. The standard InChI is InChI=1S/C10H10N4O6S/c15-7-12-10-6-20-4-3-13(10)21(18,19)8-1-2-9(11-5-8)14(16)17/h1-2,5,10H,3-4,6H2. The summed E-state index contributed by atoms with van der Waals surface area (Å²) in [5.74, 6) is -0.460. The van der Waals surface area contributed by atoms with Crippen LogP contribution in [0.15, 0.2) is 28.2 Å². The highest BCUT2D eigenvalue weighted by Crippen LogP contribution is 2.21. The Balaban J connectivity index is 2.35. The first-order valence-corrected chi connectivity index (χ1v) is 7.18. The van der Waals surface area contributed by atoms with Gasteiger partial charge in [0, 0.05) is 12.6 Å². The van der Waals surface area contributed by atoms with Gasteiger partial charge in [-0.15, -0.1) is 0 Å². The van der Waals surface area contributed by atoms with Crippen molar-refractivity contribution in [2.24, 2.45) is 4.99 Å². The highest BCUT2D eigenvalue weighted by Gasteiger charge is 2.35. The highest BCUT2D eigenvalue weighted by atomic mass is 32.2. The molecule has 0 radical (unpaired) electrons. The monoisotopic (exact) mass is 314 g/mol. The van der Waals surface area contributed by atoms with Crippen LogP contribution in [-0.2, 0) is 19.6 Å². The van der Waals surface area contributed by atoms with Crippen molar-refractivity contribution < 1.29 is 22.9 Å². The number of hydrogen-bond acceptors (Lipinski definition) is 8. The molecule has 10 nitrogen and oxygen atoms in total. The molecule has 1 aliphatic rings. The first-order chi connectivity index (χ1) is 9.96. The molecular weight excluding hydrogens is 304 g/mol. The summed E-state index contributed by atoms with van der Waals surface area (Å²) in [7, 11) is -3.98. The molecule has 0 bridgehead atoms. The van der Waals surface area contributed by atoms with Gasteiger partial charge in [0.05, 0.1) is 13.2 Å². The quantitative estimate of drug-likeness (QED) is 0.322. The van der Waals surface area contributed by atoms with E-state index in [1.807, 2.05) is 0 Å². The van der Waals surface area contributed by atoms with Gasteiger partial charge in [0.1, 0.15) is 4.90 Å². The van der Waals surface area contributed by atoms with Crippen LogP contribution in [0.3, 0.4) is 0 Å². The predicted octanol–water partition coefficient (Wildman–Crippen LogP) is -0.327. The normalized spacial score (nSPS) is 19.7. The first-order valence-electron chi connectivity index (χ1n) is 5.74. The third-order valence-electron chi connectivity index (χ3n) is 2.77. The Morgan fingerprint density at radius 2 is 2.29 bits per heavy atom.